The van der Waals surface area contributed by atoms with E-state index in [2.05, 4.69) is 39.8 Å². The topological polar surface area (TPSA) is 42.7 Å². The fourth-order valence-corrected chi connectivity index (χ4v) is 2.34. The van der Waals surface area contributed by atoms with Gasteiger partial charge in [0.15, 0.2) is 0 Å². The number of hydrogen-bond donors (Lipinski definition) is 1. The molecule has 2 heterocycles. The lowest BCUT2D eigenvalue weighted by atomic mass is 9.99. The molecule has 1 fully saturated rings. The van der Waals surface area contributed by atoms with Gasteiger partial charge in [-0.1, -0.05) is 12.1 Å². The summed E-state index contributed by atoms with van der Waals surface area (Å²) in [4.78, 5) is 1.64. The minimum Gasteiger partial charge on any atom is -0.316 e. The van der Waals surface area contributed by atoms with Crippen molar-refractivity contribution in [1.29, 1.82) is 0 Å². The maximum absolute atomic E-state index is 4.11. The van der Waals surface area contributed by atoms with Gasteiger partial charge in [-0.15, -0.1) is 0 Å². The molecule has 1 aromatic heterocycles. The Kier molecular flexibility index (Phi) is 2.88. The molecule has 1 unspecified atom stereocenters. The van der Waals surface area contributed by atoms with Crippen LogP contribution < -0.4 is 5.32 Å². The molecule has 1 aliphatic rings. The first-order valence-corrected chi connectivity index (χ1v) is 6.08. The number of nitrogens with one attached hydrogen (secondary N) is 1. The maximum Gasteiger partial charge on any atom is 0.0856 e. The highest BCUT2D eigenvalue weighted by Crippen LogP contribution is 2.16. The minimum absolute atomic E-state index is 0.795. The van der Waals surface area contributed by atoms with E-state index in [1.54, 1.807) is 17.2 Å². The molecule has 4 nitrogen and oxygen atoms in total. The van der Waals surface area contributed by atoms with E-state index in [0.29, 0.717) is 0 Å². The summed E-state index contributed by atoms with van der Waals surface area (Å²) in [6.07, 6.45) is 5.85. The molecule has 1 N–H and O–H groups in total. The van der Waals surface area contributed by atoms with Gasteiger partial charge < -0.3 is 5.32 Å². The molecule has 0 radical (unpaired) electrons. The Bertz CT molecular complexity index is 455. The van der Waals surface area contributed by atoms with Crippen LogP contribution in [0.3, 0.4) is 0 Å². The van der Waals surface area contributed by atoms with Crippen molar-refractivity contribution in [2.75, 3.05) is 13.1 Å². The zero-order valence-corrected chi connectivity index (χ0v) is 9.71. The summed E-state index contributed by atoms with van der Waals surface area (Å²) in [5.74, 6) is 0.795. The van der Waals surface area contributed by atoms with Crippen LogP contribution in [0.2, 0.25) is 0 Å². The van der Waals surface area contributed by atoms with E-state index >= 15 is 0 Å². The number of nitrogens with zero attached hydrogens (tertiary/aromatic N) is 3. The largest absolute Gasteiger partial charge is 0.316 e. The first kappa shape index (κ1) is 10.5. The summed E-state index contributed by atoms with van der Waals surface area (Å²) >= 11 is 0. The average molecular weight is 228 g/mol. The highest BCUT2D eigenvalue weighted by Gasteiger charge is 2.14. The Hall–Kier alpha value is -1.68. The van der Waals surface area contributed by atoms with Gasteiger partial charge in [0.25, 0.3) is 0 Å². The fraction of sp³-hybridized carbons (Fsp3) is 0.385. The molecule has 4 heteroatoms. The van der Waals surface area contributed by atoms with Gasteiger partial charge in [-0.05, 0) is 49.5 Å². The number of benzene rings is 1. The van der Waals surface area contributed by atoms with Crippen LogP contribution in [0.25, 0.3) is 5.69 Å². The van der Waals surface area contributed by atoms with E-state index in [1.165, 1.54) is 24.9 Å². The standard InChI is InChI=1S/C13H16N4/c1-3-13(17-15-7-8-16-17)4-2-11(1)9-12-5-6-14-10-12/h1-4,7-8,12,14H,5-6,9-10H2. The molecular weight excluding hydrogens is 212 g/mol. The van der Waals surface area contributed by atoms with Crippen LogP contribution in [0.1, 0.15) is 12.0 Å². The maximum atomic E-state index is 4.11. The first-order valence-electron chi connectivity index (χ1n) is 6.08. The first-order chi connectivity index (χ1) is 8.42. The smallest absolute Gasteiger partial charge is 0.0856 e. The van der Waals surface area contributed by atoms with E-state index in [4.69, 9.17) is 0 Å². The summed E-state index contributed by atoms with van der Waals surface area (Å²) in [5.41, 5.74) is 2.41. The molecule has 0 amide bonds. The Labute approximate surface area is 101 Å². The molecule has 0 saturated carbocycles. The Morgan fingerprint density at radius 1 is 1.18 bits per heavy atom. The lowest BCUT2D eigenvalue weighted by molar-refractivity contribution is 0.580. The summed E-state index contributed by atoms with van der Waals surface area (Å²) in [5, 5.41) is 11.6. The monoisotopic (exact) mass is 228 g/mol. The Balaban J connectivity index is 1.71. The van der Waals surface area contributed by atoms with Crippen molar-refractivity contribution in [1.82, 2.24) is 20.3 Å². The molecule has 88 valence electrons. The van der Waals surface area contributed by atoms with Gasteiger partial charge in [-0.3, -0.25) is 0 Å². The van der Waals surface area contributed by atoms with E-state index in [-0.39, 0.29) is 0 Å². The number of hydrogen-bond acceptors (Lipinski definition) is 3. The van der Waals surface area contributed by atoms with Gasteiger partial charge >= 0.3 is 0 Å². The molecule has 0 spiro atoms. The molecule has 2 aromatic rings. The van der Waals surface area contributed by atoms with Crippen LogP contribution in [0.15, 0.2) is 36.7 Å². The van der Waals surface area contributed by atoms with Crippen molar-refractivity contribution in [3.8, 4) is 5.69 Å². The zero-order chi connectivity index (χ0) is 11.5. The molecule has 0 aliphatic carbocycles. The quantitative estimate of drug-likeness (QED) is 0.864. The van der Waals surface area contributed by atoms with Crippen LogP contribution >= 0.6 is 0 Å². The lowest BCUT2D eigenvalue weighted by Crippen LogP contribution is -2.10. The van der Waals surface area contributed by atoms with Crippen molar-refractivity contribution in [3.05, 3.63) is 42.2 Å². The van der Waals surface area contributed by atoms with E-state index in [1.807, 2.05) is 0 Å². The Morgan fingerprint density at radius 2 is 1.94 bits per heavy atom. The highest BCUT2D eigenvalue weighted by molar-refractivity contribution is 5.32. The van der Waals surface area contributed by atoms with Crippen LogP contribution in [-0.4, -0.2) is 28.1 Å². The fourth-order valence-electron chi connectivity index (χ4n) is 2.34. The molecule has 1 atom stereocenters. The molecule has 0 bridgehead atoms. The molecule has 1 aliphatic heterocycles. The molecular formula is C13H16N4. The third kappa shape index (κ3) is 2.36. The van der Waals surface area contributed by atoms with Crippen molar-refractivity contribution in [2.24, 2.45) is 5.92 Å². The SMILES string of the molecule is c1cnn(-c2ccc(CC3CCNC3)cc2)n1. The zero-order valence-electron chi connectivity index (χ0n) is 9.71. The summed E-state index contributed by atoms with van der Waals surface area (Å²) in [7, 11) is 0. The van der Waals surface area contributed by atoms with E-state index < -0.39 is 0 Å². The van der Waals surface area contributed by atoms with Crippen LogP contribution in [0.5, 0.6) is 0 Å². The summed E-state index contributed by atoms with van der Waals surface area (Å²) in [6, 6.07) is 8.52. The normalized spacial score (nSPS) is 19.6. The third-order valence-electron chi connectivity index (χ3n) is 3.27. The van der Waals surface area contributed by atoms with Crippen molar-refractivity contribution in [3.63, 3.8) is 0 Å². The van der Waals surface area contributed by atoms with Gasteiger partial charge in [-0.25, -0.2) is 0 Å². The summed E-state index contributed by atoms with van der Waals surface area (Å²) in [6.45, 7) is 2.32. The van der Waals surface area contributed by atoms with Gasteiger partial charge in [0.05, 0.1) is 18.1 Å². The number of rotatable bonds is 3. The Morgan fingerprint density at radius 3 is 2.59 bits per heavy atom. The van der Waals surface area contributed by atoms with Crippen LogP contribution in [0.4, 0.5) is 0 Å². The predicted molar refractivity (Wildman–Crippen MR) is 66.0 cm³/mol. The van der Waals surface area contributed by atoms with E-state index in [0.717, 1.165) is 18.2 Å². The van der Waals surface area contributed by atoms with Gasteiger partial charge in [0, 0.05) is 0 Å². The van der Waals surface area contributed by atoms with Gasteiger partial charge in [-0.2, -0.15) is 15.0 Å². The average Bonchev–Trinajstić information content (AvgIpc) is 3.01. The summed E-state index contributed by atoms with van der Waals surface area (Å²) < 4.78 is 0. The number of aromatic nitrogens is 3. The van der Waals surface area contributed by atoms with Gasteiger partial charge in [0.2, 0.25) is 0 Å². The second kappa shape index (κ2) is 4.67. The van der Waals surface area contributed by atoms with Crippen LogP contribution in [-0.2, 0) is 6.42 Å². The predicted octanol–water partition coefficient (Wildman–Crippen LogP) is 1.42. The van der Waals surface area contributed by atoms with E-state index in [9.17, 15) is 0 Å². The molecule has 1 aromatic carbocycles. The second-order valence-electron chi connectivity index (χ2n) is 4.55. The van der Waals surface area contributed by atoms with Crippen molar-refractivity contribution >= 4 is 0 Å². The van der Waals surface area contributed by atoms with Crippen molar-refractivity contribution in [2.45, 2.75) is 12.8 Å². The highest BCUT2D eigenvalue weighted by atomic mass is 15.5. The molecule has 3 rings (SSSR count). The second-order valence-corrected chi connectivity index (χ2v) is 4.55. The third-order valence-corrected chi connectivity index (χ3v) is 3.27. The van der Waals surface area contributed by atoms with Crippen molar-refractivity contribution < 1.29 is 0 Å². The lowest BCUT2D eigenvalue weighted by Gasteiger charge is -2.08. The molecule has 1 saturated heterocycles. The van der Waals surface area contributed by atoms with Gasteiger partial charge in [0.1, 0.15) is 0 Å². The minimum atomic E-state index is 0.795. The van der Waals surface area contributed by atoms with Crippen LogP contribution in [0, 0.1) is 5.92 Å². The molecule has 17 heavy (non-hydrogen) atoms.